The summed E-state index contributed by atoms with van der Waals surface area (Å²) < 4.78 is 13.6. The molecule has 1 saturated heterocycles. The van der Waals surface area contributed by atoms with Crippen LogP contribution in [-0.4, -0.2) is 35.2 Å². The first-order chi connectivity index (χ1) is 8.90. The molecule has 1 aliphatic heterocycles. The molecule has 0 spiro atoms. The van der Waals surface area contributed by atoms with Crippen LogP contribution in [0.3, 0.4) is 0 Å². The highest BCUT2D eigenvalue weighted by Gasteiger charge is 2.34. The van der Waals surface area contributed by atoms with Crippen LogP contribution in [0.4, 0.5) is 4.39 Å². The van der Waals surface area contributed by atoms with E-state index in [1.165, 1.54) is 19.1 Å². The Kier molecular flexibility index (Phi) is 3.66. The molecule has 1 N–H and O–H groups in total. The molecule has 1 aromatic carbocycles. The van der Waals surface area contributed by atoms with E-state index in [9.17, 15) is 18.8 Å². The Morgan fingerprint density at radius 3 is 2.84 bits per heavy atom. The lowest BCUT2D eigenvalue weighted by Gasteiger charge is -2.31. The van der Waals surface area contributed by atoms with Crippen LogP contribution < -0.4 is 5.32 Å². The summed E-state index contributed by atoms with van der Waals surface area (Å²) in [6, 6.07) is 2.90. The molecule has 1 aromatic rings. The Labute approximate surface area is 116 Å². The van der Waals surface area contributed by atoms with Gasteiger partial charge in [0.15, 0.2) is 0 Å². The van der Waals surface area contributed by atoms with E-state index in [1.807, 2.05) is 0 Å². The fourth-order valence-corrected chi connectivity index (χ4v) is 2.19. The van der Waals surface area contributed by atoms with Crippen LogP contribution in [0.15, 0.2) is 22.7 Å². The maximum absolute atomic E-state index is 13.2. The van der Waals surface area contributed by atoms with Gasteiger partial charge in [-0.25, -0.2) is 4.39 Å². The van der Waals surface area contributed by atoms with Crippen LogP contribution in [-0.2, 0) is 9.59 Å². The highest BCUT2D eigenvalue weighted by molar-refractivity contribution is 9.10. The Morgan fingerprint density at radius 2 is 2.16 bits per heavy atom. The molecule has 5 nitrogen and oxygen atoms in total. The van der Waals surface area contributed by atoms with Crippen LogP contribution in [0.25, 0.3) is 0 Å². The lowest BCUT2D eigenvalue weighted by atomic mass is 10.1. The Bertz CT molecular complexity index is 576. The van der Waals surface area contributed by atoms with E-state index < -0.39 is 29.6 Å². The van der Waals surface area contributed by atoms with Crippen molar-refractivity contribution in [1.29, 1.82) is 0 Å². The fraction of sp³-hybridized carbons (Fsp3) is 0.250. The molecule has 2 rings (SSSR count). The standard InChI is InChI=1S/C12H10BrFN2O3/c1-6-11(18)15-10(17)5-16(6)12(19)8-4-7(14)2-3-9(8)13/h2-4,6H,5H2,1H3,(H,15,17,18). The van der Waals surface area contributed by atoms with Crippen molar-refractivity contribution in [2.24, 2.45) is 0 Å². The molecule has 1 aliphatic rings. The van der Waals surface area contributed by atoms with Gasteiger partial charge >= 0.3 is 0 Å². The normalized spacial score (nSPS) is 19.3. The zero-order valence-electron chi connectivity index (χ0n) is 9.94. The third-order valence-electron chi connectivity index (χ3n) is 2.84. The summed E-state index contributed by atoms with van der Waals surface area (Å²) in [5, 5.41) is 2.13. The van der Waals surface area contributed by atoms with E-state index in [4.69, 9.17) is 0 Å². The van der Waals surface area contributed by atoms with Crippen molar-refractivity contribution in [3.8, 4) is 0 Å². The number of rotatable bonds is 1. The summed E-state index contributed by atoms with van der Waals surface area (Å²) in [6.45, 7) is 1.28. The fourth-order valence-electron chi connectivity index (χ4n) is 1.78. The van der Waals surface area contributed by atoms with Gasteiger partial charge in [0.2, 0.25) is 11.8 Å². The highest BCUT2D eigenvalue weighted by atomic mass is 79.9. The summed E-state index contributed by atoms with van der Waals surface area (Å²) in [5.74, 6) is -2.23. The van der Waals surface area contributed by atoms with Gasteiger partial charge in [-0.15, -0.1) is 0 Å². The van der Waals surface area contributed by atoms with Crippen molar-refractivity contribution in [2.75, 3.05) is 6.54 Å². The largest absolute Gasteiger partial charge is 0.318 e. The van der Waals surface area contributed by atoms with Gasteiger partial charge in [-0.3, -0.25) is 19.7 Å². The van der Waals surface area contributed by atoms with Gasteiger partial charge in [0.05, 0.1) is 5.56 Å². The predicted octanol–water partition coefficient (Wildman–Crippen LogP) is 1.08. The Morgan fingerprint density at radius 1 is 1.47 bits per heavy atom. The molecule has 1 unspecified atom stereocenters. The van der Waals surface area contributed by atoms with Crippen molar-refractivity contribution in [1.82, 2.24) is 10.2 Å². The van der Waals surface area contributed by atoms with Gasteiger partial charge in [0, 0.05) is 4.47 Å². The smallest absolute Gasteiger partial charge is 0.256 e. The van der Waals surface area contributed by atoms with E-state index in [-0.39, 0.29) is 12.1 Å². The summed E-state index contributed by atoms with van der Waals surface area (Å²) in [4.78, 5) is 36.2. The first-order valence-corrected chi connectivity index (χ1v) is 6.29. The molecule has 0 aliphatic carbocycles. The maximum Gasteiger partial charge on any atom is 0.256 e. The monoisotopic (exact) mass is 328 g/mol. The number of imide groups is 1. The van der Waals surface area contributed by atoms with Gasteiger partial charge in [-0.2, -0.15) is 0 Å². The van der Waals surface area contributed by atoms with Crippen molar-refractivity contribution >= 4 is 33.7 Å². The average molecular weight is 329 g/mol. The number of hydrogen-bond acceptors (Lipinski definition) is 3. The molecule has 0 aromatic heterocycles. The van der Waals surface area contributed by atoms with Crippen molar-refractivity contribution in [3.05, 3.63) is 34.1 Å². The summed E-state index contributed by atoms with van der Waals surface area (Å²) in [5.41, 5.74) is 0.0781. The molecule has 1 heterocycles. The first-order valence-electron chi connectivity index (χ1n) is 5.50. The topological polar surface area (TPSA) is 66.5 Å². The van der Waals surface area contributed by atoms with Crippen LogP contribution in [0.5, 0.6) is 0 Å². The number of piperazine rings is 1. The lowest BCUT2D eigenvalue weighted by Crippen LogP contribution is -2.58. The zero-order chi connectivity index (χ0) is 14.2. The van der Waals surface area contributed by atoms with E-state index in [0.717, 1.165) is 11.0 Å². The number of carbonyl (C=O) groups is 3. The highest BCUT2D eigenvalue weighted by Crippen LogP contribution is 2.21. The second-order valence-electron chi connectivity index (χ2n) is 4.15. The number of amides is 3. The van der Waals surface area contributed by atoms with E-state index in [2.05, 4.69) is 21.2 Å². The Hall–Kier alpha value is -1.76. The van der Waals surface area contributed by atoms with E-state index in [0.29, 0.717) is 4.47 Å². The second kappa shape index (κ2) is 5.08. The van der Waals surface area contributed by atoms with E-state index in [1.54, 1.807) is 0 Å². The third-order valence-corrected chi connectivity index (χ3v) is 3.53. The molecular formula is C12H10BrFN2O3. The number of hydrogen-bond donors (Lipinski definition) is 1. The summed E-state index contributed by atoms with van der Waals surface area (Å²) >= 11 is 3.15. The number of nitrogens with zero attached hydrogens (tertiary/aromatic N) is 1. The zero-order valence-corrected chi connectivity index (χ0v) is 11.5. The SMILES string of the molecule is CC1C(=O)NC(=O)CN1C(=O)c1cc(F)ccc1Br. The number of nitrogens with one attached hydrogen (secondary N) is 1. The van der Waals surface area contributed by atoms with Crippen molar-refractivity contribution < 1.29 is 18.8 Å². The van der Waals surface area contributed by atoms with Crippen LogP contribution in [0.1, 0.15) is 17.3 Å². The van der Waals surface area contributed by atoms with Crippen molar-refractivity contribution in [2.45, 2.75) is 13.0 Å². The molecule has 7 heteroatoms. The third kappa shape index (κ3) is 2.65. The molecule has 0 saturated carbocycles. The number of halogens is 2. The van der Waals surface area contributed by atoms with Gasteiger partial charge in [0.1, 0.15) is 18.4 Å². The minimum atomic E-state index is -0.777. The van der Waals surface area contributed by atoms with Gasteiger partial charge < -0.3 is 4.90 Å². The maximum atomic E-state index is 13.2. The Balaban J connectivity index is 2.35. The molecule has 3 amide bonds. The number of benzene rings is 1. The average Bonchev–Trinajstić information content (AvgIpc) is 2.36. The molecule has 19 heavy (non-hydrogen) atoms. The molecule has 0 bridgehead atoms. The molecule has 0 radical (unpaired) electrons. The summed E-state index contributed by atoms with van der Waals surface area (Å²) in [6.07, 6.45) is 0. The molecular weight excluding hydrogens is 319 g/mol. The van der Waals surface area contributed by atoms with Crippen LogP contribution >= 0.6 is 15.9 Å². The van der Waals surface area contributed by atoms with Crippen molar-refractivity contribution in [3.63, 3.8) is 0 Å². The molecule has 100 valence electrons. The molecule has 1 atom stereocenters. The first kappa shape index (κ1) is 13.7. The lowest BCUT2D eigenvalue weighted by molar-refractivity contribution is -0.138. The van der Waals surface area contributed by atoms with Gasteiger partial charge in [-0.05, 0) is 41.1 Å². The van der Waals surface area contributed by atoms with E-state index >= 15 is 0 Å². The number of carbonyl (C=O) groups excluding carboxylic acids is 3. The minimum Gasteiger partial charge on any atom is -0.318 e. The predicted molar refractivity (Wildman–Crippen MR) is 67.7 cm³/mol. The van der Waals surface area contributed by atoms with Gasteiger partial charge in [-0.1, -0.05) is 0 Å². The quantitative estimate of drug-likeness (QED) is 0.784. The van der Waals surface area contributed by atoms with Crippen LogP contribution in [0, 0.1) is 5.82 Å². The molecule has 1 fully saturated rings. The van der Waals surface area contributed by atoms with Crippen LogP contribution in [0.2, 0.25) is 0 Å². The minimum absolute atomic E-state index is 0.0781. The van der Waals surface area contributed by atoms with Gasteiger partial charge in [0.25, 0.3) is 5.91 Å². The second-order valence-corrected chi connectivity index (χ2v) is 5.00. The summed E-state index contributed by atoms with van der Waals surface area (Å²) in [7, 11) is 0.